The number of hydrogen-bond acceptors (Lipinski definition) is 2. The van der Waals surface area contributed by atoms with Crippen LogP contribution in [0.2, 0.25) is 0 Å². The molecule has 2 aromatic rings. The summed E-state index contributed by atoms with van der Waals surface area (Å²) in [5, 5.41) is 5.13. The summed E-state index contributed by atoms with van der Waals surface area (Å²) in [6.45, 7) is 2.29. The summed E-state index contributed by atoms with van der Waals surface area (Å²) in [6, 6.07) is 16.7. The summed E-state index contributed by atoms with van der Waals surface area (Å²) in [6.07, 6.45) is 0. The van der Waals surface area contributed by atoms with Gasteiger partial charge in [-0.15, -0.1) is 0 Å². The van der Waals surface area contributed by atoms with Crippen molar-refractivity contribution >= 4 is 17.5 Å². The Kier molecular flexibility index (Phi) is 4.50. The van der Waals surface area contributed by atoms with Crippen LogP contribution in [0.1, 0.15) is 11.1 Å². The van der Waals surface area contributed by atoms with Crippen molar-refractivity contribution in [3.05, 3.63) is 65.7 Å². The molecule has 2 rings (SSSR count). The highest BCUT2D eigenvalue weighted by atomic mass is 16.2. The number of carbonyl (C=O) groups is 2. The zero-order chi connectivity index (χ0) is 14.4. The molecular formula is C16H16N2O2. The van der Waals surface area contributed by atoms with Gasteiger partial charge in [-0.1, -0.05) is 48.0 Å². The molecule has 0 saturated carbocycles. The minimum atomic E-state index is -0.662. The molecule has 102 valence electrons. The molecule has 20 heavy (non-hydrogen) atoms. The predicted octanol–water partition coefficient (Wildman–Crippen LogP) is 2.25. The fourth-order valence-corrected chi connectivity index (χ4v) is 1.68. The van der Waals surface area contributed by atoms with Gasteiger partial charge in [0.2, 0.25) is 0 Å². The Bertz CT molecular complexity index is 592. The van der Waals surface area contributed by atoms with E-state index in [-0.39, 0.29) is 0 Å². The van der Waals surface area contributed by atoms with E-state index < -0.39 is 11.8 Å². The second kappa shape index (κ2) is 6.52. The van der Waals surface area contributed by atoms with E-state index in [9.17, 15) is 9.59 Å². The Morgan fingerprint density at radius 1 is 0.900 bits per heavy atom. The first-order chi connectivity index (χ1) is 9.65. The van der Waals surface area contributed by atoms with E-state index in [1.807, 2.05) is 49.4 Å². The summed E-state index contributed by atoms with van der Waals surface area (Å²) in [5.74, 6) is -1.31. The largest absolute Gasteiger partial charge is 0.344 e. The summed E-state index contributed by atoms with van der Waals surface area (Å²) in [7, 11) is 0. The van der Waals surface area contributed by atoms with Gasteiger partial charge in [-0.3, -0.25) is 9.59 Å². The van der Waals surface area contributed by atoms with E-state index in [0.717, 1.165) is 11.1 Å². The fourth-order valence-electron chi connectivity index (χ4n) is 1.68. The topological polar surface area (TPSA) is 58.2 Å². The predicted molar refractivity (Wildman–Crippen MR) is 78.1 cm³/mol. The van der Waals surface area contributed by atoms with Crippen molar-refractivity contribution in [3.63, 3.8) is 0 Å². The van der Waals surface area contributed by atoms with E-state index in [2.05, 4.69) is 10.6 Å². The van der Waals surface area contributed by atoms with Crippen LogP contribution in [0.4, 0.5) is 5.69 Å². The molecule has 0 spiro atoms. The maximum atomic E-state index is 11.7. The Morgan fingerprint density at radius 2 is 1.55 bits per heavy atom. The third kappa shape index (κ3) is 3.95. The monoisotopic (exact) mass is 268 g/mol. The molecule has 0 radical (unpaired) electrons. The van der Waals surface area contributed by atoms with Crippen LogP contribution < -0.4 is 10.6 Å². The number of carbonyl (C=O) groups excluding carboxylic acids is 2. The summed E-state index contributed by atoms with van der Waals surface area (Å²) in [5.41, 5.74) is 2.65. The Morgan fingerprint density at radius 3 is 2.20 bits per heavy atom. The van der Waals surface area contributed by atoms with Crippen molar-refractivity contribution in [2.45, 2.75) is 13.5 Å². The highest BCUT2D eigenvalue weighted by molar-refractivity contribution is 6.39. The van der Waals surface area contributed by atoms with Crippen molar-refractivity contribution < 1.29 is 9.59 Å². The van der Waals surface area contributed by atoms with E-state index in [0.29, 0.717) is 12.2 Å². The maximum Gasteiger partial charge on any atom is 0.313 e. The fraction of sp³-hybridized carbons (Fsp3) is 0.125. The summed E-state index contributed by atoms with van der Waals surface area (Å²) in [4.78, 5) is 23.4. The number of nitrogens with one attached hydrogen (secondary N) is 2. The minimum Gasteiger partial charge on any atom is -0.344 e. The van der Waals surface area contributed by atoms with Gasteiger partial charge in [0.25, 0.3) is 0 Å². The lowest BCUT2D eigenvalue weighted by Gasteiger charge is -2.06. The quantitative estimate of drug-likeness (QED) is 0.839. The first-order valence-electron chi connectivity index (χ1n) is 6.35. The molecule has 0 unspecified atom stereocenters. The van der Waals surface area contributed by atoms with Gasteiger partial charge in [0.1, 0.15) is 0 Å². The molecule has 2 amide bonds. The van der Waals surface area contributed by atoms with Crippen molar-refractivity contribution in [1.29, 1.82) is 0 Å². The lowest BCUT2D eigenvalue weighted by atomic mass is 10.2. The van der Waals surface area contributed by atoms with Gasteiger partial charge in [0.05, 0.1) is 0 Å². The molecule has 0 atom stereocenters. The lowest BCUT2D eigenvalue weighted by molar-refractivity contribution is -0.136. The van der Waals surface area contributed by atoms with Gasteiger partial charge < -0.3 is 10.6 Å². The second-order valence-electron chi connectivity index (χ2n) is 4.49. The highest BCUT2D eigenvalue weighted by Crippen LogP contribution is 2.08. The van der Waals surface area contributed by atoms with Crippen LogP contribution in [-0.4, -0.2) is 11.8 Å². The molecule has 0 fully saturated rings. The molecule has 0 bridgehead atoms. The van der Waals surface area contributed by atoms with Crippen molar-refractivity contribution in [2.75, 3.05) is 5.32 Å². The molecule has 0 aliphatic heterocycles. The van der Waals surface area contributed by atoms with Gasteiger partial charge in [-0.05, 0) is 24.6 Å². The molecule has 2 aromatic carbocycles. The highest BCUT2D eigenvalue weighted by Gasteiger charge is 2.12. The molecule has 0 aliphatic rings. The molecule has 0 saturated heterocycles. The average molecular weight is 268 g/mol. The summed E-state index contributed by atoms with van der Waals surface area (Å²) < 4.78 is 0. The SMILES string of the molecule is Cc1ccc(NC(=O)C(=O)NCc2ccccc2)cc1. The van der Waals surface area contributed by atoms with Crippen LogP contribution in [0.25, 0.3) is 0 Å². The number of anilines is 1. The third-order valence-electron chi connectivity index (χ3n) is 2.81. The molecule has 2 N–H and O–H groups in total. The standard InChI is InChI=1S/C16H16N2O2/c1-12-7-9-14(10-8-12)18-16(20)15(19)17-11-13-5-3-2-4-6-13/h2-10H,11H2,1H3,(H,17,19)(H,18,20). The molecule has 0 aliphatic carbocycles. The smallest absolute Gasteiger partial charge is 0.313 e. The van der Waals surface area contributed by atoms with E-state index >= 15 is 0 Å². The molecule has 4 heteroatoms. The molecule has 0 aromatic heterocycles. The van der Waals surface area contributed by atoms with Gasteiger partial charge in [-0.2, -0.15) is 0 Å². The normalized spacial score (nSPS) is 9.85. The van der Waals surface area contributed by atoms with Crippen LogP contribution >= 0.6 is 0 Å². The van der Waals surface area contributed by atoms with Crippen molar-refractivity contribution in [1.82, 2.24) is 5.32 Å². The molecule has 4 nitrogen and oxygen atoms in total. The van der Waals surface area contributed by atoms with Gasteiger partial charge in [0.15, 0.2) is 0 Å². The first-order valence-corrected chi connectivity index (χ1v) is 6.35. The molecular weight excluding hydrogens is 252 g/mol. The van der Waals surface area contributed by atoms with Gasteiger partial charge >= 0.3 is 11.8 Å². The number of benzene rings is 2. The number of hydrogen-bond donors (Lipinski definition) is 2. The van der Waals surface area contributed by atoms with E-state index in [1.165, 1.54) is 0 Å². The molecule has 0 heterocycles. The second-order valence-corrected chi connectivity index (χ2v) is 4.49. The van der Waals surface area contributed by atoms with Crippen molar-refractivity contribution in [3.8, 4) is 0 Å². The van der Waals surface area contributed by atoms with Gasteiger partial charge in [-0.25, -0.2) is 0 Å². The number of aryl methyl sites for hydroxylation is 1. The van der Waals surface area contributed by atoms with Crippen LogP contribution in [0.15, 0.2) is 54.6 Å². The van der Waals surface area contributed by atoms with Crippen LogP contribution in [0, 0.1) is 6.92 Å². The Labute approximate surface area is 117 Å². The third-order valence-corrected chi connectivity index (χ3v) is 2.81. The van der Waals surface area contributed by atoms with E-state index in [1.54, 1.807) is 12.1 Å². The van der Waals surface area contributed by atoms with Crippen LogP contribution in [-0.2, 0) is 16.1 Å². The van der Waals surface area contributed by atoms with Crippen molar-refractivity contribution in [2.24, 2.45) is 0 Å². The lowest BCUT2D eigenvalue weighted by Crippen LogP contribution is -2.34. The summed E-state index contributed by atoms with van der Waals surface area (Å²) >= 11 is 0. The zero-order valence-corrected chi connectivity index (χ0v) is 11.2. The first kappa shape index (κ1) is 13.8. The average Bonchev–Trinajstić information content (AvgIpc) is 2.48. The Balaban J connectivity index is 1.86. The Hall–Kier alpha value is -2.62. The number of rotatable bonds is 3. The van der Waals surface area contributed by atoms with Crippen LogP contribution in [0.3, 0.4) is 0 Å². The maximum absolute atomic E-state index is 11.7. The van der Waals surface area contributed by atoms with Gasteiger partial charge in [0, 0.05) is 12.2 Å². The number of amides is 2. The minimum absolute atomic E-state index is 0.334. The van der Waals surface area contributed by atoms with E-state index in [4.69, 9.17) is 0 Å². The van der Waals surface area contributed by atoms with Crippen LogP contribution in [0.5, 0.6) is 0 Å². The zero-order valence-electron chi connectivity index (χ0n) is 11.2.